The van der Waals surface area contributed by atoms with Gasteiger partial charge in [0.05, 0.1) is 26.4 Å². The van der Waals surface area contributed by atoms with Crippen molar-refractivity contribution < 1.29 is 80.2 Å². The van der Waals surface area contributed by atoms with E-state index in [1.807, 2.05) is 0 Å². The van der Waals surface area contributed by atoms with Crippen LogP contribution in [0.3, 0.4) is 0 Å². The summed E-state index contributed by atoms with van der Waals surface area (Å²) in [5.41, 5.74) is 0. The Balaban J connectivity index is 5.36. The maximum atomic E-state index is 13.1. The average Bonchev–Trinajstić information content (AvgIpc) is 0.939. The van der Waals surface area contributed by atoms with Crippen molar-refractivity contribution in [1.82, 2.24) is 0 Å². The lowest BCUT2D eigenvalue weighted by Crippen LogP contribution is -2.30. The molecule has 0 aliphatic carbocycles. The molecule has 0 aromatic rings. The lowest BCUT2D eigenvalue weighted by atomic mass is 10.0. The zero-order valence-electron chi connectivity index (χ0n) is 65.7. The maximum absolute atomic E-state index is 13.1. The first-order valence-corrected chi connectivity index (χ1v) is 44.1. The Morgan fingerprint density at radius 1 is 0.279 bits per heavy atom. The Bertz CT molecular complexity index is 2390. The third-order valence-corrected chi connectivity index (χ3v) is 19.1. The highest BCUT2D eigenvalue weighted by Gasteiger charge is 2.30. The molecule has 17 nitrogen and oxygen atoms in total. The molecule has 0 saturated carbocycles. The number of ether oxygens (including phenoxy) is 4. The lowest BCUT2D eigenvalue weighted by Gasteiger charge is -2.21. The Labute approximate surface area is 632 Å². The van der Waals surface area contributed by atoms with E-state index in [2.05, 4.69) is 137 Å². The standard InChI is InChI=1S/C85H148O17P2/c1-5-9-13-17-21-25-29-33-36-38-39-41-44-47-50-54-58-62-66-70-83(88)95-75-80(101-84(89)71-67-63-59-55-51-45-32-28-24-20-16-12-8-4)77-99-103(91,92)97-73-79(86)74-98-104(93,94)100-78-81(102-85(90)72-68-64-60-56-52-48-42-35-31-27-23-19-15-11-7-3)76-96-82(87)69-65-61-57-53-49-46-43-40-37-34-30-26-22-18-14-10-6-2/h10,14,16,20-22,25-26,28,32-34,36-37,39,41,43,46,79-81,86H,5-9,11-13,15,17-19,23-24,27,29-31,35,38,40,42,44-45,47-78H2,1-4H3,(H,91,92)(H,93,94)/b14-10-,20-16-,25-21-,26-22-,32-28-,36-33-,37-34-,41-39-,46-43-. The van der Waals surface area contributed by atoms with Crippen LogP contribution >= 0.6 is 15.6 Å². The number of phosphoric ester groups is 2. The fraction of sp³-hybridized carbons (Fsp3) is 0.741. The predicted molar refractivity (Wildman–Crippen MR) is 427 cm³/mol. The van der Waals surface area contributed by atoms with E-state index in [-0.39, 0.29) is 25.7 Å². The van der Waals surface area contributed by atoms with Crippen molar-refractivity contribution in [3.8, 4) is 0 Å². The molecule has 104 heavy (non-hydrogen) atoms. The molecule has 0 aromatic heterocycles. The zero-order valence-corrected chi connectivity index (χ0v) is 67.5. The van der Waals surface area contributed by atoms with Crippen LogP contribution in [0.5, 0.6) is 0 Å². The van der Waals surface area contributed by atoms with Gasteiger partial charge in [-0.25, -0.2) is 9.13 Å². The van der Waals surface area contributed by atoms with Crippen molar-refractivity contribution in [2.45, 2.75) is 367 Å². The normalized spacial score (nSPS) is 14.4. The molecule has 0 amide bonds. The van der Waals surface area contributed by atoms with Crippen LogP contribution in [0.2, 0.25) is 0 Å². The molecule has 0 aliphatic heterocycles. The molecule has 600 valence electrons. The number of rotatable bonds is 77. The molecular formula is C85H148O17P2. The second-order valence-electron chi connectivity index (χ2n) is 27.3. The second kappa shape index (κ2) is 76.9. The molecule has 0 bridgehead atoms. The molecule has 5 unspecified atom stereocenters. The minimum Gasteiger partial charge on any atom is -0.462 e. The van der Waals surface area contributed by atoms with Crippen LogP contribution in [-0.4, -0.2) is 96.7 Å². The van der Waals surface area contributed by atoms with E-state index in [0.29, 0.717) is 25.7 Å². The summed E-state index contributed by atoms with van der Waals surface area (Å²) in [4.78, 5) is 73.1. The number of carbonyl (C=O) groups excluding carboxylic acids is 4. The summed E-state index contributed by atoms with van der Waals surface area (Å²) in [6.45, 7) is 4.66. The number of hydrogen-bond donors (Lipinski definition) is 3. The number of hydrogen-bond acceptors (Lipinski definition) is 15. The maximum Gasteiger partial charge on any atom is 0.472 e. The molecule has 0 spiro atoms. The van der Waals surface area contributed by atoms with E-state index in [1.54, 1.807) is 0 Å². The molecule has 0 saturated heterocycles. The molecule has 0 heterocycles. The van der Waals surface area contributed by atoms with Crippen LogP contribution in [0.15, 0.2) is 109 Å². The molecule has 5 atom stereocenters. The van der Waals surface area contributed by atoms with Gasteiger partial charge in [-0.15, -0.1) is 0 Å². The van der Waals surface area contributed by atoms with Gasteiger partial charge in [-0.3, -0.25) is 37.3 Å². The number of aliphatic hydroxyl groups excluding tert-OH is 1. The minimum atomic E-state index is -4.99. The van der Waals surface area contributed by atoms with Crippen LogP contribution < -0.4 is 0 Å². The van der Waals surface area contributed by atoms with Crippen molar-refractivity contribution in [1.29, 1.82) is 0 Å². The molecule has 0 rings (SSSR count). The molecule has 19 heteroatoms. The van der Waals surface area contributed by atoms with E-state index in [1.165, 1.54) is 83.5 Å². The summed E-state index contributed by atoms with van der Waals surface area (Å²) in [6, 6.07) is 0. The summed E-state index contributed by atoms with van der Waals surface area (Å²) < 4.78 is 68.7. The Kier molecular flexibility index (Phi) is 73.7. The monoisotopic (exact) mass is 1500 g/mol. The summed E-state index contributed by atoms with van der Waals surface area (Å²) in [6.07, 6.45) is 83.4. The van der Waals surface area contributed by atoms with Crippen LogP contribution in [0.25, 0.3) is 0 Å². The molecule has 0 fully saturated rings. The van der Waals surface area contributed by atoms with Gasteiger partial charge >= 0.3 is 39.5 Å². The first-order valence-electron chi connectivity index (χ1n) is 41.1. The van der Waals surface area contributed by atoms with Crippen molar-refractivity contribution in [3.05, 3.63) is 109 Å². The smallest absolute Gasteiger partial charge is 0.462 e. The fourth-order valence-electron chi connectivity index (χ4n) is 11.0. The summed E-state index contributed by atoms with van der Waals surface area (Å²) in [5, 5.41) is 10.6. The van der Waals surface area contributed by atoms with E-state index < -0.39 is 97.5 Å². The summed E-state index contributed by atoms with van der Waals surface area (Å²) in [7, 11) is -9.97. The third-order valence-electron chi connectivity index (χ3n) is 17.2. The van der Waals surface area contributed by atoms with E-state index in [9.17, 15) is 43.2 Å². The molecule has 0 radical (unpaired) electrons. The zero-order chi connectivity index (χ0) is 76.0. The highest BCUT2D eigenvalue weighted by Crippen LogP contribution is 2.45. The third kappa shape index (κ3) is 75.9. The summed E-state index contributed by atoms with van der Waals surface area (Å²) >= 11 is 0. The lowest BCUT2D eigenvalue weighted by molar-refractivity contribution is -0.161. The molecule has 3 N–H and O–H groups in total. The van der Waals surface area contributed by atoms with Crippen LogP contribution in [0.4, 0.5) is 0 Å². The SMILES string of the molecule is CC/C=C\C/C=C\C/C=C\C/C=C\CCCCCCC(=O)OCC(COP(=O)(O)OCC(O)COP(=O)(O)OCC(COC(=O)CCCCCCCC/C=C\C/C=C\C/C=C\CCCCC)OC(=O)CCCCCCC/C=C\C/C=C\CCC)OC(=O)CCCCCCCCCCCCCCCCC. The first kappa shape index (κ1) is 99.7. The van der Waals surface area contributed by atoms with Gasteiger partial charge in [-0.2, -0.15) is 0 Å². The van der Waals surface area contributed by atoms with E-state index >= 15 is 0 Å². The van der Waals surface area contributed by atoms with Crippen molar-refractivity contribution in [3.63, 3.8) is 0 Å². The van der Waals surface area contributed by atoms with Gasteiger partial charge in [-0.05, 0) is 128 Å². The number of unbranched alkanes of at least 4 members (excludes halogenated alkanes) is 33. The van der Waals surface area contributed by atoms with Crippen molar-refractivity contribution >= 4 is 39.5 Å². The second-order valence-corrected chi connectivity index (χ2v) is 30.2. The highest BCUT2D eigenvalue weighted by molar-refractivity contribution is 7.47. The van der Waals surface area contributed by atoms with Crippen molar-refractivity contribution in [2.75, 3.05) is 39.6 Å². The Hall–Kier alpha value is -4.28. The average molecular weight is 1500 g/mol. The number of aliphatic hydroxyl groups is 1. The molecule has 0 aliphatic rings. The van der Waals surface area contributed by atoms with Gasteiger partial charge < -0.3 is 33.8 Å². The van der Waals surface area contributed by atoms with Crippen LogP contribution in [0, 0.1) is 0 Å². The minimum absolute atomic E-state index is 0.0749. The Morgan fingerprint density at radius 3 is 0.827 bits per heavy atom. The van der Waals surface area contributed by atoms with E-state index in [4.69, 9.17) is 37.0 Å². The van der Waals surface area contributed by atoms with Gasteiger partial charge in [0, 0.05) is 25.7 Å². The largest absolute Gasteiger partial charge is 0.472 e. The fourth-order valence-corrected chi connectivity index (χ4v) is 12.5. The van der Waals surface area contributed by atoms with Gasteiger partial charge in [0.2, 0.25) is 0 Å². The number of phosphoric acid groups is 2. The van der Waals surface area contributed by atoms with Gasteiger partial charge in [-0.1, -0.05) is 304 Å². The Morgan fingerprint density at radius 2 is 0.519 bits per heavy atom. The van der Waals surface area contributed by atoms with Crippen molar-refractivity contribution in [2.24, 2.45) is 0 Å². The topological polar surface area (TPSA) is 237 Å². The molecule has 0 aromatic carbocycles. The number of esters is 4. The first-order chi connectivity index (χ1) is 50.7. The predicted octanol–water partition coefficient (Wildman–Crippen LogP) is 24.1. The van der Waals surface area contributed by atoms with Gasteiger partial charge in [0.15, 0.2) is 12.2 Å². The van der Waals surface area contributed by atoms with Crippen LogP contribution in [0.1, 0.15) is 349 Å². The quantitative estimate of drug-likeness (QED) is 0.0169. The van der Waals surface area contributed by atoms with E-state index in [0.717, 1.165) is 186 Å². The number of carbonyl (C=O) groups is 4. The molecular weight excluding hydrogens is 1350 g/mol. The highest BCUT2D eigenvalue weighted by atomic mass is 31.2. The summed E-state index contributed by atoms with van der Waals surface area (Å²) in [5.74, 6) is -2.21. The van der Waals surface area contributed by atoms with Gasteiger partial charge in [0.1, 0.15) is 19.3 Å². The van der Waals surface area contributed by atoms with Crippen LogP contribution in [-0.2, 0) is 65.4 Å². The van der Waals surface area contributed by atoms with Gasteiger partial charge in [0.25, 0.3) is 0 Å². The number of allylic oxidation sites excluding steroid dienone is 18.